The van der Waals surface area contributed by atoms with Crippen molar-refractivity contribution < 1.29 is 18.3 Å². The van der Waals surface area contributed by atoms with E-state index in [1.165, 1.54) is 6.07 Å². The van der Waals surface area contributed by atoms with Gasteiger partial charge in [-0.15, -0.1) is 0 Å². The van der Waals surface area contributed by atoms with E-state index < -0.39 is 11.6 Å². The summed E-state index contributed by atoms with van der Waals surface area (Å²) < 4.78 is 38.1. The van der Waals surface area contributed by atoms with Crippen LogP contribution in [0.2, 0.25) is 0 Å². The van der Waals surface area contributed by atoms with Crippen LogP contribution >= 0.6 is 0 Å². The Hall–Kier alpha value is -2.14. The first-order chi connectivity index (χ1) is 11.9. The van der Waals surface area contributed by atoms with Gasteiger partial charge in [0.2, 0.25) is 0 Å². The van der Waals surface area contributed by atoms with Crippen LogP contribution in [0.4, 0.5) is 8.78 Å². The second-order valence-electron chi connectivity index (χ2n) is 6.19. The molecular weight excluding hydrogens is 324 g/mol. The maximum atomic E-state index is 13.5. The molecule has 0 bridgehead atoms. The molecule has 0 aliphatic rings. The van der Waals surface area contributed by atoms with Gasteiger partial charge >= 0.3 is 0 Å². The molecule has 0 saturated carbocycles. The lowest BCUT2D eigenvalue weighted by Crippen LogP contribution is -2.15. The number of benzene rings is 2. The Kier molecular flexibility index (Phi) is 6.76. The Morgan fingerprint density at radius 1 is 1.00 bits per heavy atom. The highest BCUT2D eigenvalue weighted by molar-refractivity contribution is 5.43. The number of nitrogens with two attached hydrogens (primary N) is 1. The van der Waals surface area contributed by atoms with Crippen LogP contribution in [0.5, 0.6) is 11.5 Å². The summed E-state index contributed by atoms with van der Waals surface area (Å²) >= 11 is 0. The molecule has 2 aromatic carbocycles. The zero-order valence-corrected chi connectivity index (χ0v) is 14.9. The zero-order valence-electron chi connectivity index (χ0n) is 14.9. The molecule has 0 aliphatic carbocycles. The molecule has 0 aromatic heterocycles. The Morgan fingerprint density at radius 2 is 1.76 bits per heavy atom. The lowest BCUT2D eigenvalue weighted by Gasteiger charge is -2.18. The molecule has 2 rings (SSSR count). The van der Waals surface area contributed by atoms with Gasteiger partial charge in [0.1, 0.15) is 0 Å². The molecule has 1 atom stereocenters. The van der Waals surface area contributed by atoms with Crippen molar-refractivity contribution >= 4 is 0 Å². The summed E-state index contributed by atoms with van der Waals surface area (Å²) in [7, 11) is 0. The van der Waals surface area contributed by atoms with Crippen molar-refractivity contribution in [2.24, 2.45) is 5.73 Å². The Morgan fingerprint density at radius 3 is 2.36 bits per heavy atom. The summed E-state index contributed by atoms with van der Waals surface area (Å²) in [6.07, 6.45) is 0.646. The molecule has 0 saturated heterocycles. The summed E-state index contributed by atoms with van der Waals surface area (Å²) in [5.74, 6) is -0.450. The third kappa shape index (κ3) is 5.16. The molecule has 0 aliphatic heterocycles. The smallest absolute Gasteiger partial charge is 0.161 e. The molecule has 5 heteroatoms. The standard InChI is InChI=1S/C20H25F2NO2/c1-4-24-20-10-14(5-8-19(20)25-13(2)3)9-16(12-23)15-6-7-17(21)18(22)11-15/h5-8,10-11,13,16H,4,9,12,23H2,1-3H3. The SMILES string of the molecule is CCOc1cc(CC(CN)c2ccc(F)c(F)c2)ccc1OC(C)C. The maximum Gasteiger partial charge on any atom is 0.161 e. The van der Waals surface area contributed by atoms with Gasteiger partial charge in [-0.1, -0.05) is 12.1 Å². The first kappa shape index (κ1) is 19.2. The van der Waals surface area contributed by atoms with Crippen LogP contribution in [0.1, 0.15) is 37.8 Å². The first-order valence-corrected chi connectivity index (χ1v) is 8.52. The molecule has 3 nitrogen and oxygen atoms in total. The van der Waals surface area contributed by atoms with E-state index in [0.29, 0.717) is 36.6 Å². The highest BCUT2D eigenvalue weighted by Gasteiger charge is 2.15. The third-order valence-electron chi connectivity index (χ3n) is 3.85. The molecular formula is C20H25F2NO2. The lowest BCUT2D eigenvalue weighted by atomic mass is 9.92. The Bertz CT molecular complexity index is 704. The molecule has 1 unspecified atom stereocenters. The Labute approximate surface area is 147 Å². The van der Waals surface area contributed by atoms with Crippen molar-refractivity contribution in [1.82, 2.24) is 0 Å². The molecule has 25 heavy (non-hydrogen) atoms. The highest BCUT2D eigenvalue weighted by atomic mass is 19.2. The quantitative estimate of drug-likeness (QED) is 0.766. The van der Waals surface area contributed by atoms with Crippen molar-refractivity contribution in [2.45, 2.75) is 39.2 Å². The van der Waals surface area contributed by atoms with Crippen molar-refractivity contribution in [3.8, 4) is 11.5 Å². The Balaban J connectivity index is 2.24. The summed E-state index contributed by atoms with van der Waals surface area (Å²) in [5, 5.41) is 0. The summed E-state index contributed by atoms with van der Waals surface area (Å²) in [4.78, 5) is 0. The van der Waals surface area contributed by atoms with E-state index in [2.05, 4.69) is 0 Å². The second kappa shape index (κ2) is 8.81. The van der Waals surface area contributed by atoms with Gasteiger partial charge in [-0.2, -0.15) is 0 Å². The molecule has 2 N–H and O–H groups in total. The van der Waals surface area contributed by atoms with Crippen LogP contribution < -0.4 is 15.2 Å². The van der Waals surface area contributed by atoms with E-state index in [4.69, 9.17) is 15.2 Å². The highest BCUT2D eigenvalue weighted by Crippen LogP contribution is 2.31. The number of hydrogen-bond acceptors (Lipinski definition) is 3. The van der Waals surface area contributed by atoms with Gasteiger partial charge < -0.3 is 15.2 Å². The van der Waals surface area contributed by atoms with E-state index >= 15 is 0 Å². The zero-order chi connectivity index (χ0) is 18.4. The van der Waals surface area contributed by atoms with Gasteiger partial charge in [0, 0.05) is 5.92 Å². The van der Waals surface area contributed by atoms with Crippen molar-refractivity contribution in [3.63, 3.8) is 0 Å². The first-order valence-electron chi connectivity index (χ1n) is 8.52. The molecule has 0 radical (unpaired) electrons. The monoisotopic (exact) mass is 349 g/mol. The topological polar surface area (TPSA) is 44.5 Å². The molecule has 0 amide bonds. The van der Waals surface area contributed by atoms with Gasteiger partial charge in [0.05, 0.1) is 12.7 Å². The fourth-order valence-electron chi connectivity index (χ4n) is 2.69. The number of hydrogen-bond donors (Lipinski definition) is 1. The summed E-state index contributed by atoms with van der Waals surface area (Å²) in [6.45, 7) is 6.69. The van der Waals surface area contributed by atoms with Crippen LogP contribution in [-0.2, 0) is 6.42 Å². The fourth-order valence-corrected chi connectivity index (χ4v) is 2.69. The third-order valence-corrected chi connectivity index (χ3v) is 3.85. The minimum Gasteiger partial charge on any atom is -0.490 e. The van der Waals surface area contributed by atoms with Crippen LogP contribution in [0.15, 0.2) is 36.4 Å². The lowest BCUT2D eigenvalue weighted by molar-refractivity contribution is 0.223. The van der Waals surface area contributed by atoms with Gasteiger partial charge in [0.25, 0.3) is 0 Å². The van der Waals surface area contributed by atoms with E-state index in [9.17, 15) is 8.78 Å². The number of ether oxygens (including phenoxy) is 2. The normalized spacial score (nSPS) is 12.3. The van der Waals surface area contributed by atoms with Gasteiger partial charge in [-0.25, -0.2) is 8.78 Å². The van der Waals surface area contributed by atoms with Crippen LogP contribution in [0.3, 0.4) is 0 Å². The van der Waals surface area contributed by atoms with Crippen LogP contribution in [0, 0.1) is 11.6 Å². The van der Waals surface area contributed by atoms with E-state index in [1.807, 2.05) is 39.0 Å². The van der Waals surface area contributed by atoms with E-state index in [1.54, 1.807) is 6.07 Å². The minimum atomic E-state index is -0.855. The van der Waals surface area contributed by atoms with E-state index in [0.717, 1.165) is 11.6 Å². The number of halogens is 2. The van der Waals surface area contributed by atoms with Crippen molar-refractivity contribution in [1.29, 1.82) is 0 Å². The van der Waals surface area contributed by atoms with Crippen LogP contribution in [-0.4, -0.2) is 19.3 Å². The van der Waals surface area contributed by atoms with Crippen molar-refractivity contribution in [2.75, 3.05) is 13.2 Å². The average Bonchev–Trinajstić information content (AvgIpc) is 2.57. The molecule has 0 spiro atoms. The van der Waals surface area contributed by atoms with E-state index in [-0.39, 0.29) is 12.0 Å². The molecule has 2 aromatic rings. The largest absolute Gasteiger partial charge is 0.490 e. The molecule has 0 fully saturated rings. The fraction of sp³-hybridized carbons (Fsp3) is 0.400. The van der Waals surface area contributed by atoms with Gasteiger partial charge in [-0.3, -0.25) is 0 Å². The van der Waals surface area contributed by atoms with Crippen molar-refractivity contribution in [3.05, 3.63) is 59.2 Å². The van der Waals surface area contributed by atoms with Gasteiger partial charge in [-0.05, 0) is 69.1 Å². The predicted molar refractivity (Wildman–Crippen MR) is 95.2 cm³/mol. The average molecular weight is 349 g/mol. The molecule has 0 heterocycles. The van der Waals surface area contributed by atoms with Crippen LogP contribution in [0.25, 0.3) is 0 Å². The summed E-state index contributed by atoms with van der Waals surface area (Å²) in [5.41, 5.74) is 7.54. The minimum absolute atomic E-state index is 0.0454. The van der Waals surface area contributed by atoms with Gasteiger partial charge in [0.15, 0.2) is 23.1 Å². The maximum absolute atomic E-state index is 13.5. The second-order valence-corrected chi connectivity index (χ2v) is 6.19. The molecule has 136 valence electrons. The summed E-state index contributed by atoms with van der Waals surface area (Å²) in [6, 6.07) is 9.67. The predicted octanol–water partition coefficient (Wildman–Crippen LogP) is 4.44. The number of rotatable bonds is 8.